The van der Waals surface area contributed by atoms with Crippen molar-refractivity contribution in [1.29, 1.82) is 0 Å². The summed E-state index contributed by atoms with van der Waals surface area (Å²) in [5.41, 5.74) is 1.60. The molecular formula is C31H38N2O9. The minimum Gasteiger partial charge on any atom is -0.463 e. The molecule has 1 aromatic heterocycles. The van der Waals surface area contributed by atoms with Gasteiger partial charge in [-0.25, -0.2) is 14.6 Å². The zero-order valence-corrected chi connectivity index (χ0v) is 24.8. The Morgan fingerprint density at radius 2 is 1.76 bits per heavy atom. The lowest BCUT2D eigenvalue weighted by Crippen LogP contribution is -2.47. The highest BCUT2D eigenvalue weighted by atomic mass is 16.6. The highest BCUT2D eigenvalue weighted by molar-refractivity contribution is 5.99. The maximum atomic E-state index is 13.3. The Hall–Kier alpha value is -4.28. The molecule has 3 rings (SSSR count). The predicted octanol–water partition coefficient (Wildman–Crippen LogP) is 3.74. The molecule has 42 heavy (non-hydrogen) atoms. The normalized spacial score (nSPS) is 20.8. The Kier molecular flexibility index (Phi) is 11.2. The zero-order valence-electron chi connectivity index (χ0n) is 24.8. The molecule has 1 fully saturated rings. The van der Waals surface area contributed by atoms with Crippen LogP contribution < -0.4 is 10.1 Å². The molecule has 0 aliphatic carbocycles. The van der Waals surface area contributed by atoms with Crippen LogP contribution in [-0.4, -0.2) is 59.6 Å². The predicted molar refractivity (Wildman–Crippen MR) is 151 cm³/mol. The Balaban J connectivity index is 1.81. The average Bonchev–Trinajstić information content (AvgIpc) is 2.99. The first kappa shape index (κ1) is 32.2. The number of benzene rings is 1. The number of nitrogens with one attached hydrogen (secondary N) is 1. The van der Waals surface area contributed by atoms with Crippen LogP contribution in [0.25, 0.3) is 0 Å². The third-order valence-corrected chi connectivity index (χ3v) is 6.85. The molecular weight excluding hydrogens is 544 g/mol. The number of ether oxygens (including phenoxy) is 4. The molecule has 1 saturated heterocycles. The molecule has 226 valence electrons. The molecule has 1 N–H and O–H groups in total. The molecule has 11 heteroatoms. The van der Waals surface area contributed by atoms with Gasteiger partial charge in [-0.15, -0.1) is 0 Å². The molecule has 1 aromatic carbocycles. The highest BCUT2D eigenvalue weighted by Crippen LogP contribution is 2.25. The van der Waals surface area contributed by atoms with E-state index in [0.717, 1.165) is 18.4 Å². The quantitative estimate of drug-likeness (QED) is 0.342. The zero-order chi connectivity index (χ0) is 31.0. The monoisotopic (exact) mass is 582 g/mol. The van der Waals surface area contributed by atoms with Crippen molar-refractivity contribution in [3.8, 4) is 5.75 Å². The number of nitrogens with zero attached hydrogens (tertiary/aromatic N) is 1. The first-order chi connectivity index (χ1) is 20.0. The van der Waals surface area contributed by atoms with Crippen LogP contribution in [0.4, 0.5) is 0 Å². The number of aromatic nitrogens is 1. The Morgan fingerprint density at radius 1 is 1.07 bits per heavy atom. The summed E-state index contributed by atoms with van der Waals surface area (Å²) in [7, 11) is 0. The number of pyridine rings is 1. The lowest BCUT2D eigenvalue weighted by atomic mass is 9.95. The Morgan fingerprint density at radius 3 is 2.38 bits per heavy atom. The number of rotatable bonds is 9. The van der Waals surface area contributed by atoms with E-state index in [0.29, 0.717) is 11.1 Å². The lowest BCUT2D eigenvalue weighted by molar-refractivity contribution is -0.176. The smallest absolute Gasteiger partial charge is 0.343 e. The summed E-state index contributed by atoms with van der Waals surface area (Å²) in [6, 6.07) is 7.15. The first-order valence-electron chi connectivity index (χ1n) is 14.1. The number of carbonyl (C=O) groups is 5. The van der Waals surface area contributed by atoms with Crippen molar-refractivity contribution in [1.82, 2.24) is 10.3 Å². The molecule has 0 unspecified atom stereocenters. The van der Waals surface area contributed by atoms with Gasteiger partial charge in [0.25, 0.3) is 5.91 Å². The van der Waals surface area contributed by atoms with Crippen molar-refractivity contribution in [2.24, 2.45) is 11.8 Å². The molecule has 11 nitrogen and oxygen atoms in total. The van der Waals surface area contributed by atoms with Gasteiger partial charge < -0.3 is 24.3 Å². The number of cyclic esters (lactones) is 2. The molecule has 0 bridgehead atoms. The second-order valence-corrected chi connectivity index (χ2v) is 10.5. The van der Waals surface area contributed by atoms with Crippen molar-refractivity contribution in [3.63, 3.8) is 0 Å². The van der Waals surface area contributed by atoms with Crippen LogP contribution in [0.3, 0.4) is 0 Å². The van der Waals surface area contributed by atoms with Crippen molar-refractivity contribution < 1.29 is 42.9 Å². The van der Waals surface area contributed by atoms with Gasteiger partial charge in [0.2, 0.25) is 0 Å². The van der Waals surface area contributed by atoms with Crippen LogP contribution in [-0.2, 0) is 35.0 Å². The van der Waals surface area contributed by atoms with Gasteiger partial charge in [0.05, 0.1) is 17.4 Å². The maximum Gasteiger partial charge on any atom is 0.343 e. The SMILES string of the molecule is CCCc1ccc(C(=O)Oc2c(C)ccnc2C(=O)N[C@H]2COC(=O)[C@H](CC)[C@@H](OC(=O)C(C)C)[C@H](C)OC2=O)cc1. The molecule has 2 heterocycles. The van der Waals surface area contributed by atoms with E-state index in [1.165, 1.54) is 13.1 Å². The van der Waals surface area contributed by atoms with E-state index < -0.39 is 66.5 Å². The molecule has 1 aliphatic rings. The van der Waals surface area contributed by atoms with Crippen LogP contribution in [0.1, 0.15) is 79.4 Å². The summed E-state index contributed by atoms with van der Waals surface area (Å²) in [6.45, 7) is 9.70. The molecule has 0 saturated carbocycles. The number of esters is 4. The van der Waals surface area contributed by atoms with Crippen LogP contribution in [0.5, 0.6) is 5.75 Å². The van der Waals surface area contributed by atoms with Crippen molar-refractivity contribution in [3.05, 3.63) is 58.9 Å². The molecule has 0 spiro atoms. The van der Waals surface area contributed by atoms with E-state index in [2.05, 4.69) is 17.2 Å². The number of amides is 1. The van der Waals surface area contributed by atoms with E-state index >= 15 is 0 Å². The fraction of sp³-hybridized carbons (Fsp3) is 0.484. The number of carbonyl (C=O) groups excluding carboxylic acids is 5. The summed E-state index contributed by atoms with van der Waals surface area (Å²) in [6.07, 6.45) is 1.39. The van der Waals surface area contributed by atoms with E-state index in [4.69, 9.17) is 18.9 Å². The van der Waals surface area contributed by atoms with Crippen LogP contribution in [0, 0.1) is 18.8 Å². The summed E-state index contributed by atoms with van der Waals surface area (Å²) in [5, 5.41) is 2.48. The largest absolute Gasteiger partial charge is 0.463 e. The van der Waals surface area contributed by atoms with Gasteiger partial charge in [-0.2, -0.15) is 0 Å². The van der Waals surface area contributed by atoms with Crippen LogP contribution >= 0.6 is 0 Å². The fourth-order valence-corrected chi connectivity index (χ4v) is 4.39. The molecule has 0 radical (unpaired) electrons. The van der Waals surface area contributed by atoms with Gasteiger partial charge in [-0.3, -0.25) is 14.4 Å². The number of hydrogen-bond donors (Lipinski definition) is 1. The minimum atomic E-state index is -1.40. The fourth-order valence-electron chi connectivity index (χ4n) is 4.39. The first-order valence-corrected chi connectivity index (χ1v) is 14.1. The molecule has 1 aliphatic heterocycles. The Bertz CT molecular complexity index is 1310. The van der Waals surface area contributed by atoms with Gasteiger partial charge in [-0.05, 0) is 56.0 Å². The van der Waals surface area contributed by atoms with Crippen molar-refractivity contribution in [2.75, 3.05) is 6.61 Å². The van der Waals surface area contributed by atoms with Crippen LogP contribution in [0.15, 0.2) is 36.5 Å². The van der Waals surface area contributed by atoms with Gasteiger partial charge in [0.15, 0.2) is 23.6 Å². The number of aryl methyl sites for hydroxylation is 2. The second-order valence-electron chi connectivity index (χ2n) is 10.5. The van der Waals surface area contributed by atoms with Gasteiger partial charge in [0.1, 0.15) is 12.7 Å². The van der Waals surface area contributed by atoms with Crippen molar-refractivity contribution >= 4 is 29.8 Å². The third-order valence-electron chi connectivity index (χ3n) is 6.85. The van der Waals surface area contributed by atoms with E-state index in [-0.39, 0.29) is 17.9 Å². The molecule has 2 aromatic rings. The average molecular weight is 583 g/mol. The lowest BCUT2D eigenvalue weighted by Gasteiger charge is -2.29. The van der Waals surface area contributed by atoms with E-state index in [1.807, 2.05) is 12.1 Å². The standard InChI is InChI=1S/C31H38N2O9/c1-7-9-20-10-12-21(13-11-20)29(36)41-25-18(5)14-15-32-24(25)27(34)33-23-16-39-30(37)22(8-2)26(19(6)40-31(23)38)42-28(35)17(3)4/h10-15,17,19,22-23,26H,7-9,16H2,1-6H3,(H,33,34)/t19-,22+,23-,26-/m0/s1. The van der Waals surface area contributed by atoms with Gasteiger partial charge in [0, 0.05) is 6.20 Å². The summed E-state index contributed by atoms with van der Waals surface area (Å²) >= 11 is 0. The summed E-state index contributed by atoms with van der Waals surface area (Å²) in [4.78, 5) is 68.6. The van der Waals surface area contributed by atoms with Crippen LogP contribution in [0.2, 0.25) is 0 Å². The van der Waals surface area contributed by atoms with E-state index in [1.54, 1.807) is 45.9 Å². The summed E-state index contributed by atoms with van der Waals surface area (Å²) < 4.78 is 22.0. The minimum absolute atomic E-state index is 0.0776. The highest BCUT2D eigenvalue weighted by Gasteiger charge is 2.41. The van der Waals surface area contributed by atoms with E-state index in [9.17, 15) is 24.0 Å². The second kappa shape index (κ2) is 14.6. The third kappa shape index (κ3) is 7.92. The van der Waals surface area contributed by atoms with Gasteiger partial charge >= 0.3 is 23.9 Å². The molecule has 1 amide bonds. The topological polar surface area (TPSA) is 147 Å². The van der Waals surface area contributed by atoms with Crippen molar-refractivity contribution in [2.45, 2.75) is 79.1 Å². The number of hydrogen-bond acceptors (Lipinski definition) is 10. The maximum absolute atomic E-state index is 13.3. The van der Waals surface area contributed by atoms with Gasteiger partial charge in [-0.1, -0.05) is 46.2 Å². The molecule has 4 atom stereocenters. The Labute approximate surface area is 245 Å². The summed E-state index contributed by atoms with van der Waals surface area (Å²) in [5.74, 6) is -5.10.